The summed E-state index contributed by atoms with van der Waals surface area (Å²) in [7, 11) is 7.71. The van der Waals surface area contributed by atoms with Crippen LogP contribution in [0.4, 0.5) is 0 Å². The standard InChI is InChI=1S/C17H24.C15H27NO2.C15H27NO.C14H25NO.C13H22N4.C13H23NO.C11H19NO/c1-13(2)15-8-9-17(10-15)11-16(12-17)14-6-4-3-5-7-14;1-10(2)12-5-6-15(9-12)7-11(8-15)3-4-13(16)14(17)18;1-11(2)12-5-6-15(7-12)8-13(9-15)14(17)10-16(3)4;1-10(2)11-5-6-14(7-11)8-12(9-14)13(16)15(3)4;1-9(2)11-3-4-13(8-11)6-10(7-13)5-12-14-16-17-15-12;1-9(2)11-3-4-13(8-11)6-10(7-13)5-12(14)15;1-7(2)8-3-11(4-8)5-9(6-11)10(12)13/h3-7,13,15-16H,8-12H2,1-2H3;10-13H,3-9,16H2,1-2H3,(H,17,18);11-13H,5-10H2,1-4H3;10-12H,5-9H2,1-4H3;9-11H,3-8H2,1-2H3,(H,14,15,16,17);9-11H,3-8H2,1-2H3,(H2,14,15);7-9H,3-6H2,1-2H3,(H2,12,13). The van der Waals surface area contributed by atoms with Crippen molar-refractivity contribution in [2.45, 2.75) is 353 Å². The SMILES string of the molecule is CC(C)C1CC2(CC(C(N)=O)C2)C1.CC(C)C1CCC2(CC(C(=O)CN(C)C)C2)C1.CC(C)C1CCC2(CC(C(=O)N(C)C)C2)C1.CC(C)C1CCC2(CC(CC(N)=O)C2)C1.CC(C)C1CCC2(CC(CCC(N)C(=O)O)C2)C1.CC(C)C1CCC2(CC(Cc3nn[nH]n3)C2)C1.CC(C)C1CCC2(CC(c3ccccc3)C2)C1. The molecule has 2 aromatic rings. The first kappa shape index (κ1) is 91.1. The van der Waals surface area contributed by atoms with Crippen molar-refractivity contribution in [3.8, 4) is 0 Å². The van der Waals surface area contributed by atoms with Gasteiger partial charge in [-0.2, -0.15) is 5.21 Å². The smallest absolute Gasteiger partial charge is 0.320 e. The van der Waals surface area contributed by atoms with Crippen LogP contribution in [0, 0.1) is 156 Å². The van der Waals surface area contributed by atoms with E-state index in [0.717, 1.165) is 150 Å². The van der Waals surface area contributed by atoms with E-state index < -0.39 is 12.0 Å². The molecule has 113 heavy (non-hydrogen) atoms. The van der Waals surface area contributed by atoms with Gasteiger partial charge in [0.25, 0.3) is 0 Å². The Labute approximate surface area is 688 Å². The molecule has 0 radical (unpaired) electrons. The molecule has 7 spiro atoms. The molecular formula is C98H167N9O6. The molecule has 14 saturated carbocycles. The average Bonchev–Trinajstić information content (AvgIpc) is 1.70. The highest BCUT2D eigenvalue weighted by atomic mass is 16.4. The van der Waals surface area contributed by atoms with Crippen LogP contribution in [0.3, 0.4) is 0 Å². The number of aliphatic carboxylic acids is 1. The number of primary amides is 2. The molecule has 1 heterocycles. The Morgan fingerprint density at radius 3 is 1.14 bits per heavy atom. The van der Waals surface area contributed by atoms with Gasteiger partial charge in [-0.1, -0.05) is 132 Å². The number of carbonyl (C=O) groups is 5. The van der Waals surface area contributed by atoms with Gasteiger partial charge in [-0.15, -0.1) is 10.2 Å². The molecule has 15 heteroatoms. The number of ketones is 1. The molecule has 15 nitrogen and oxygen atoms in total. The number of aromatic nitrogens is 4. The highest BCUT2D eigenvalue weighted by molar-refractivity contribution is 5.84. The van der Waals surface area contributed by atoms with Crippen molar-refractivity contribution >= 4 is 29.5 Å². The van der Waals surface area contributed by atoms with Crippen LogP contribution in [-0.2, 0) is 30.4 Å². The second-order valence-corrected chi connectivity index (χ2v) is 45.6. The minimum absolute atomic E-state index is 0.0846. The summed E-state index contributed by atoms with van der Waals surface area (Å²) < 4.78 is 0. The molecule has 640 valence electrons. The van der Waals surface area contributed by atoms with E-state index in [-0.39, 0.29) is 17.7 Å². The minimum Gasteiger partial charge on any atom is -0.480 e. The van der Waals surface area contributed by atoms with E-state index in [1.54, 1.807) is 10.5 Å². The van der Waals surface area contributed by atoms with E-state index in [1.807, 2.05) is 33.1 Å². The summed E-state index contributed by atoms with van der Waals surface area (Å²) in [5, 5.41) is 23.0. The number of carbonyl (C=O) groups excluding carboxylic acids is 4. The van der Waals surface area contributed by atoms with Crippen molar-refractivity contribution in [2.75, 3.05) is 34.7 Å². The fourth-order valence-corrected chi connectivity index (χ4v) is 26.7. The zero-order valence-corrected chi connectivity index (χ0v) is 75.1. The summed E-state index contributed by atoms with van der Waals surface area (Å²) in [5.41, 5.74) is 22.0. The molecule has 14 aliphatic rings. The van der Waals surface area contributed by atoms with Gasteiger partial charge in [0.1, 0.15) is 11.8 Å². The van der Waals surface area contributed by atoms with Crippen molar-refractivity contribution in [1.82, 2.24) is 30.4 Å². The number of carboxylic acids is 1. The quantitative estimate of drug-likeness (QED) is 0.0787. The predicted octanol–water partition coefficient (Wildman–Crippen LogP) is 21.2. The van der Waals surface area contributed by atoms with Gasteiger partial charge in [-0.25, -0.2) is 0 Å². The molecule has 1 aromatic carbocycles. The van der Waals surface area contributed by atoms with Gasteiger partial charge >= 0.3 is 5.97 Å². The van der Waals surface area contributed by atoms with Crippen LogP contribution >= 0.6 is 0 Å². The van der Waals surface area contributed by atoms with Gasteiger partial charge in [0.05, 0.1) is 6.54 Å². The monoisotopic (exact) mass is 1570 g/mol. The van der Waals surface area contributed by atoms with Crippen molar-refractivity contribution < 1.29 is 29.1 Å². The Balaban J connectivity index is 0.000000140. The number of hydrogen-bond acceptors (Lipinski definition) is 10. The third kappa shape index (κ3) is 23.6. The number of amides is 3. The normalized spacial score (nSPS) is 38.0. The summed E-state index contributed by atoms with van der Waals surface area (Å²) in [5.74, 6) is 17.0. The Hall–Kier alpha value is -4.24. The van der Waals surface area contributed by atoms with Gasteiger partial charge in [-0.05, 0) is 395 Å². The molecule has 14 fully saturated rings. The molecular weight excluding hydrogens is 1400 g/mol. The third-order valence-corrected chi connectivity index (χ3v) is 34.1. The molecule has 7 atom stereocenters. The number of nitrogens with zero attached hydrogens (tertiary/aromatic N) is 5. The Morgan fingerprint density at radius 2 is 0.805 bits per heavy atom. The predicted molar refractivity (Wildman–Crippen MR) is 460 cm³/mol. The van der Waals surface area contributed by atoms with Crippen molar-refractivity contribution in [1.29, 1.82) is 0 Å². The molecule has 0 aliphatic heterocycles. The summed E-state index contributed by atoms with van der Waals surface area (Å²) in [6.07, 6.45) is 49.2. The molecule has 14 aliphatic carbocycles. The molecule has 0 saturated heterocycles. The zero-order chi connectivity index (χ0) is 82.3. The van der Waals surface area contributed by atoms with Crippen LogP contribution in [0.5, 0.6) is 0 Å². The van der Waals surface area contributed by atoms with Crippen LogP contribution in [-0.4, -0.2) is 106 Å². The van der Waals surface area contributed by atoms with E-state index >= 15 is 0 Å². The van der Waals surface area contributed by atoms with E-state index in [2.05, 4.69) is 148 Å². The lowest BCUT2D eigenvalue weighted by Gasteiger charge is -2.58. The molecule has 8 N–H and O–H groups in total. The lowest BCUT2D eigenvalue weighted by molar-refractivity contribution is -0.141. The number of rotatable bonds is 21. The minimum atomic E-state index is -0.857. The number of Topliss-reactive ketones (excluding diaryl/α,β-unsaturated/α-hetero) is 1. The number of carboxylic acid groups (broad SMARTS) is 1. The number of benzene rings is 1. The van der Waals surface area contributed by atoms with Crippen LogP contribution in [0.1, 0.15) is 352 Å². The van der Waals surface area contributed by atoms with Gasteiger partial charge in [0.15, 0.2) is 5.82 Å². The number of hydrogen-bond donors (Lipinski definition) is 5. The summed E-state index contributed by atoms with van der Waals surface area (Å²) in [6, 6.07) is 10.5. The van der Waals surface area contributed by atoms with Crippen molar-refractivity contribution in [2.24, 2.45) is 173 Å². The van der Waals surface area contributed by atoms with Crippen molar-refractivity contribution in [3.05, 3.63) is 41.7 Å². The molecule has 1 aromatic heterocycles. The second-order valence-electron chi connectivity index (χ2n) is 45.6. The first-order chi connectivity index (χ1) is 53.2. The van der Waals surface area contributed by atoms with Crippen LogP contribution in [0.15, 0.2) is 30.3 Å². The summed E-state index contributed by atoms with van der Waals surface area (Å²) >= 11 is 0. The number of H-pyrrole nitrogens is 1. The maximum absolute atomic E-state index is 11.9. The zero-order valence-electron chi connectivity index (χ0n) is 75.1. The fraction of sp³-hybridized carbons (Fsp3) is 0.878. The Bertz CT molecular complexity index is 3310. The van der Waals surface area contributed by atoms with Crippen molar-refractivity contribution in [3.63, 3.8) is 0 Å². The number of nitrogens with one attached hydrogen (secondary N) is 1. The number of likely N-dealkylation sites (N-methyl/N-ethyl adjacent to an activating group) is 1. The molecule has 16 rings (SSSR count). The van der Waals surface area contributed by atoms with Gasteiger partial charge in [-0.3, -0.25) is 24.0 Å². The highest BCUT2D eigenvalue weighted by Gasteiger charge is 2.57. The number of aromatic amines is 1. The van der Waals surface area contributed by atoms with E-state index in [0.29, 0.717) is 81.3 Å². The Kier molecular flexibility index (Phi) is 31.0. The van der Waals surface area contributed by atoms with Crippen LogP contribution in [0.2, 0.25) is 0 Å². The fourth-order valence-electron chi connectivity index (χ4n) is 26.7. The maximum Gasteiger partial charge on any atom is 0.320 e. The molecule has 0 bridgehead atoms. The van der Waals surface area contributed by atoms with Gasteiger partial charge in [0, 0.05) is 44.7 Å². The van der Waals surface area contributed by atoms with E-state index in [4.69, 9.17) is 22.3 Å². The van der Waals surface area contributed by atoms with E-state index in [1.165, 1.54) is 193 Å². The number of tetrazole rings is 1. The van der Waals surface area contributed by atoms with Crippen LogP contribution in [0.25, 0.3) is 0 Å². The van der Waals surface area contributed by atoms with E-state index in [9.17, 15) is 24.0 Å². The number of nitrogens with two attached hydrogens (primary N) is 3. The van der Waals surface area contributed by atoms with Gasteiger partial charge in [0.2, 0.25) is 17.7 Å². The third-order valence-electron chi connectivity index (χ3n) is 34.1. The summed E-state index contributed by atoms with van der Waals surface area (Å²) in [4.78, 5) is 59.8. The topological polar surface area (TPSA) is 245 Å². The Morgan fingerprint density at radius 1 is 0.451 bits per heavy atom. The van der Waals surface area contributed by atoms with Crippen LogP contribution < -0.4 is 17.2 Å². The summed E-state index contributed by atoms with van der Waals surface area (Å²) in [6.45, 7) is 33.5. The highest BCUT2D eigenvalue weighted by Crippen LogP contribution is 2.67. The lowest BCUT2D eigenvalue weighted by Crippen LogP contribution is -2.52. The average molecular weight is 1570 g/mol. The molecule has 7 unspecified atom stereocenters. The molecule has 3 amide bonds. The first-order valence-electron chi connectivity index (χ1n) is 46.9. The second kappa shape index (κ2) is 38.4. The largest absolute Gasteiger partial charge is 0.480 e. The maximum atomic E-state index is 11.9. The van der Waals surface area contributed by atoms with Gasteiger partial charge < -0.3 is 32.1 Å². The first-order valence-corrected chi connectivity index (χ1v) is 46.9. The lowest BCUT2D eigenvalue weighted by atomic mass is 9.46.